The molecule has 1 aromatic heterocycles. The molecule has 1 amide bonds. The maximum atomic E-state index is 13.0. The lowest BCUT2D eigenvalue weighted by Gasteiger charge is -2.34. The zero-order valence-electron chi connectivity index (χ0n) is 18.2. The number of nitrogens with zero attached hydrogens (tertiary/aromatic N) is 2. The number of H-pyrrole nitrogens is 1. The molecule has 32 heavy (non-hydrogen) atoms. The van der Waals surface area contributed by atoms with Crippen LogP contribution in [0.1, 0.15) is 10.4 Å². The van der Waals surface area contributed by atoms with Crippen LogP contribution in [0.4, 0.5) is 22.7 Å². The average Bonchev–Trinajstić information content (AvgIpc) is 2.80. The first-order valence-electron chi connectivity index (χ1n) is 10.5. The van der Waals surface area contributed by atoms with Crippen molar-refractivity contribution >= 4 is 28.7 Å². The topological polar surface area (TPSA) is 89.7 Å². The number of piperazine rings is 1. The second-order valence-corrected chi connectivity index (χ2v) is 7.71. The number of pyridine rings is 1. The molecule has 2 heterocycles. The summed E-state index contributed by atoms with van der Waals surface area (Å²) in [5.41, 5.74) is 2.32. The van der Waals surface area contributed by atoms with Crippen molar-refractivity contribution in [3.63, 3.8) is 0 Å². The van der Waals surface area contributed by atoms with Gasteiger partial charge in [-0.25, -0.2) is 0 Å². The van der Waals surface area contributed by atoms with Gasteiger partial charge in [-0.2, -0.15) is 0 Å². The summed E-state index contributed by atoms with van der Waals surface area (Å²) in [6, 6.07) is 16.7. The van der Waals surface area contributed by atoms with Crippen molar-refractivity contribution in [2.75, 3.05) is 55.9 Å². The molecule has 4 rings (SSSR count). The Morgan fingerprint density at radius 1 is 0.969 bits per heavy atom. The predicted molar refractivity (Wildman–Crippen MR) is 127 cm³/mol. The van der Waals surface area contributed by atoms with E-state index in [1.807, 2.05) is 42.5 Å². The fourth-order valence-corrected chi connectivity index (χ4v) is 3.71. The standard InChI is InChI=1S/C24H27N5O3/c1-28-13-15-29(16-14-28)18-9-7-17(8-10-18)26-24(31)22-20(11-12-25-23(22)30)27-19-5-3-4-6-21(19)32-2/h3-12H,13-16H2,1-2H3,(H,26,31)(H2,25,27,30). The van der Waals surface area contributed by atoms with Crippen LogP contribution in [-0.2, 0) is 0 Å². The highest BCUT2D eigenvalue weighted by atomic mass is 16.5. The Hall–Kier alpha value is -3.78. The van der Waals surface area contributed by atoms with Gasteiger partial charge in [0, 0.05) is 43.8 Å². The van der Waals surface area contributed by atoms with Crippen LogP contribution >= 0.6 is 0 Å². The third-order valence-corrected chi connectivity index (χ3v) is 5.56. The van der Waals surface area contributed by atoms with Crippen LogP contribution in [0.15, 0.2) is 65.6 Å². The Morgan fingerprint density at radius 3 is 2.41 bits per heavy atom. The van der Waals surface area contributed by atoms with Gasteiger partial charge in [-0.1, -0.05) is 12.1 Å². The van der Waals surface area contributed by atoms with E-state index < -0.39 is 11.5 Å². The van der Waals surface area contributed by atoms with Crippen molar-refractivity contribution in [3.8, 4) is 5.75 Å². The van der Waals surface area contributed by atoms with Gasteiger partial charge in [0.2, 0.25) is 0 Å². The highest BCUT2D eigenvalue weighted by Crippen LogP contribution is 2.28. The predicted octanol–water partition coefficient (Wildman–Crippen LogP) is 3.13. The van der Waals surface area contributed by atoms with Crippen molar-refractivity contribution in [1.82, 2.24) is 9.88 Å². The highest BCUT2D eigenvalue weighted by molar-refractivity contribution is 6.08. The first-order valence-corrected chi connectivity index (χ1v) is 10.5. The Bertz CT molecular complexity index is 1130. The number of aromatic amines is 1. The zero-order chi connectivity index (χ0) is 22.5. The summed E-state index contributed by atoms with van der Waals surface area (Å²) in [6.45, 7) is 3.99. The molecule has 8 nitrogen and oxygen atoms in total. The molecule has 0 bridgehead atoms. The first kappa shape index (κ1) is 21.5. The highest BCUT2D eigenvalue weighted by Gasteiger charge is 2.18. The van der Waals surface area contributed by atoms with Gasteiger partial charge >= 0.3 is 0 Å². The maximum Gasteiger partial charge on any atom is 0.263 e. The number of para-hydroxylation sites is 2. The molecular weight excluding hydrogens is 406 g/mol. The van der Waals surface area contributed by atoms with Gasteiger partial charge < -0.3 is 30.2 Å². The van der Waals surface area contributed by atoms with Crippen LogP contribution in [0, 0.1) is 0 Å². The molecule has 166 valence electrons. The summed E-state index contributed by atoms with van der Waals surface area (Å²) < 4.78 is 5.36. The summed E-state index contributed by atoms with van der Waals surface area (Å²) in [5, 5.41) is 5.97. The normalized spacial score (nSPS) is 14.1. The average molecular weight is 434 g/mol. The van der Waals surface area contributed by atoms with E-state index >= 15 is 0 Å². The number of methoxy groups -OCH3 is 1. The first-order chi connectivity index (χ1) is 15.5. The number of hydrogen-bond acceptors (Lipinski definition) is 6. The van der Waals surface area contributed by atoms with E-state index in [-0.39, 0.29) is 5.56 Å². The minimum Gasteiger partial charge on any atom is -0.495 e. The Balaban J connectivity index is 1.52. The number of carbonyl (C=O) groups is 1. The van der Waals surface area contributed by atoms with E-state index in [0.717, 1.165) is 31.9 Å². The fourth-order valence-electron chi connectivity index (χ4n) is 3.71. The van der Waals surface area contributed by atoms with Gasteiger partial charge in [0.25, 0.3) is 11.5 Å². The van der Waals surface area contributed by atoms with Gasteiger partial charge in [-0.15, -0.1) is 0 Å². The number of ether oxygens (including phenoxy) is 1. The van der Waals surface area contributed by atoms with Gasteiger partial charge in [0.1, 0.15) is 11.3 Å². The van der Waals surface area contributed by atoms with Gasteiger partial charge in [0.15, 0.2) is 0 Å². The molecule has 0 atom stereocenters. The number of hydrogen-bond donors (Lipinski definition) is 3. The number of carbonyl (C=O) groups excluding carboxylic acids is 1. The number of anilines is 4. The molecule has 0 aliphatic carbocycles. The molecule has 0 spiro atoms. The number of likely N-dealkylation sites (N-methyl/N-ethyl adjacent to an activating group) is 1. The van der Waals surface area contributed by atoms with Crippen molar-refractivity contribution in [3.05, 3.63) is 76.7 Å². The van der Waals surface area contributed by atoms with Crippen LogP contribution in [0.2, 0.25) is 0 Å². The Morgan fingerprint density at radius 2 is 1.69 bits per heavy atom. The van der Waals surface area contributed by atoms with E-state index in [1.165, 1.54) is 6.20 Å². The summed E-state index contributed by atoms with van der Waals surface area (Å²) in [6.07, 6.45) is 1.50. The number of nitrogens with one attached hydrogen (secondary N) is 3. The number of aromatic nitrogens is 1. The molecule has 0 saturated carbocycles. The molecule has 3 N–H and O–H groups in total. The van der Waals surface area contributed by atoms with Crippen molar-refractivity contribution in [2.45, 2.75) is 0 Å². The summed E-state index contributed by atoms with van der Waals surface area (Å²) >= 11 is 0. The van der Waals surface area contributed by atoms with E-state index in [9.17, 15) is 9.59 Å². The smallest absolute Gasteiger partial charge is 0.263 e. The third-order valence-electron chi connectivity index (χ3n) is 5.56. The molecule has 8 heteroatoms. The van der Waals surface area contributed by atoms with Gasteiger partial charge in [-0.3, -0.25) is 9.59 Å². The monoisotopic (exact) mass is 433 g/mol. The largest absolute Gasteiger partial charge is 0.495 e. The van der Waals surface area contributed by atoms with Crippen molar-refractivity contribution < 1.29 is 9.53 Å². The van der Waals surface area contributed by atoms with Gasteiger partial charge in [0.05, 0.1) is 18.5 Å². The van der Waals surface area contributed by atoms with E-state index in [2.05, 4.69) is 32.5 Å². The molecule has 3 aromatic rings. The second-order valence-electron chi connectivity index (χ2n) is 7.71. The van der Waals surface area contributed by atoms with Crippen molar-refractivity contribution in [1.29, 1.82) is 0 Å². The molecule has 0 unspecified atom stereocenters. The van der Waals surface area contributed by atoms with Crippen LogP contribution in [0.5, 0.6) is 5.75 Å². The zero-order valence-corrected chi connectivity index (χ0v) is 18.2. The molecule has 1 aliphatic heterocycles. The molecule has 1 fully saturated rings. The molecule has 0 radical (unpaired) electrons. The van der Waals surface area contributed by atoms with Crippen LogP contribution in [0.25, 0.3) is 0 Å². The van der Waals surface area contributed by atoms with Crippen molar-refractivity contribution in [2.24, 2.45) is 0 Å². The summed E-state index contributed by atoms with van der Waals surface area (Å²) in [7, 11) is 3.69. The molecule has 1 aliphatic rings. The fraction of sp³-hybridized carbons (Fsp3) is 0.250. The number of amides is 1. The van der Waals surface area contributed by atoms with E-state index in [0.29, 0.717) is 22.8 Å². The lowest BCUT2D eigenvalue weighted by Crippen LogP contribution is -2.44. The molecule has 1 saturated heterocycles. The Labute approximate surface area is 186 Å². The quantitative estimate of drug-likeness (QED) is 0.554. The SMILES string of the molecule is COc1ccccc1Nc1cc[nH]c(=O)c1C(=O)Nc1ccc(N2CCN(C)CC2)cc1. The van der Waals surface area contributed by atoms with Crippen LogP contribution in [0.3, 0.4) is 0 Å². The number of rotatable bonds is 6. The van der Waals surface area contributed by atoms with Crippen LogP contribution in [-0.4, -0.2) is 56.1 Å². The molecular formula is C24H27N5O3. The maximum absolute atomic E-state index is 13.0. The van der Waals surface area contributed by atoms with Crippen LogP contribution < -0.4 is 25.8 Å². The van der Waals surface area contributed by atoms with Gasteiger partial charge in [-0.05, 0) is 49.5 Å². The third kappa shape index (κ3) is 4.76. The minimum atomic E-state index is -0.489. The molecule has 2 aromatic carbocycles. The second kappa shape index (κ2) is 9.57. The summed E-state index contributed by atoms with van der Waals surface area (Å²) in [5.74, 6) is 0.121. The lowest BCUT2D eigenvalue weighted by molar-refractivity contribution is 0.102. The van der Waals surface area contributed by atoms with E-state index in [1.54, 1.807) is 19.2 Å². The minimum absolute atomic E-state index is 0.00144. The Kier molecular flexibility index (Phi) is 6.42. The lowest BCUT2D eigenvalue weighted by atomic mass is 10.1. The van der Waals surface area contributed by atoms with E-state index in [4.69, 9.17) is 4.74 Å². The number of benzene rings is 2. The summed E-state index contributed by atoms with van der Waals surface area (Å²) in [4.78, 5) is 32.7.